The summed E-state index contributed by atoms with van der Waals surface area (Å²) in [6.07, 6.45) is 5.39. The van der Waals surface area contributed by atoms with Crippen LogP contribution in [-0.4, -0.2) is 61.7 Å². The molecule has 3 unspecified atom stereocenters. The van der Waals surface area contributed by atoms with E-state index >= 15 is 0 Å². The number of nitrogens with zero attached hydrogens (tertiary/aromatic N) is 2. The van der Waals surface area contributed by atoms with Gasteiger partial charge < -0.3 is 10.2 Å². The maximum atomic E-state index is 3.58. The molecule has 0 aromatic rings. The average Bonchev–Trinajstić information content (AvgIpc) is 2.82. The van der Waals surface area contributed by atoms with Gasteiger partial charge in [-0.2, -0.15) is 0 Å². The van der Waals surface area contributed by atoms with E-state index in [0.29, 0.717) is 0 Å². The lowest BCUT2D eigenvalue weighted by molar-refractivity contribution is 0.101. The van der Waals surface area contributed by atoms with Crippen LogP contribution in [0.3, 0.4) is 0 Å². The van der Waals surface area contributed by atoms with Crippen molar-refractivity contribution in [1.82, 2.24) is 15.1 Å². The van der Waals surface area contributed by atoms with Crippen molar-refractivity contribution in [1.29, 1.82) is 0 Å². The first-order chi connectivity index (χ1) is 8.70. The monoisotopic (exact) mass is 253 g/mol. The van der Waals surface area contributed by atoms with Crippen LogP contribution >= 0.6 is 0 Å². The molecule has 0 aromatic heterocycles. The third-order valence-corrected chi connectivity index (χ3v) is 4.87. The van der Waals surface area contributed by atoms with Gasteiger partial charge in [0.1, 0.15) is 0 Å². The average molecular weight is 253 g/mol. The van der Waals surface area contributed by atoms with Crippen LogP contribution < -0.4 is 5.32 Å². The van der Waals surface area contributed by atoms with E-state index in [1.807, 2.05) is 0 Å². The molecule has 2 heterocycles. The van der Waals surface area contributed by atoms with E-state index in [4.69, 9.17) is 0 Å². The minimum atomic E-state index is 0.765. The predicted octanol–water partition coefficient (Wildman–Crippen LogP) is 1.79. The van der Waals surface area contributed by atoms with E-state index in [1.54, 1.807) is 0 Å². The zero-order valence-electron chi connectivity index (χ0n) is 12.5. The van der Waals surface area contributed by atoms with Crippen LogP contribution in [0.4, 0.5) is 0 Å². The lowest BCUT2D eigenvalue weighted by Crippen LogP contribution is -2.47. The fraction of sp³-hybridized carbons (Fsp3) is 1.00. The van der Waals surface area contributed by atoms with Crippen molar-refractivity contribution in [3.63, 3.8) is 0 Å². The molecule has 3 nitrogen and oxygen atoms in total. The molecule has 2 rings (SSSR count). The summed E-state index contributed by atoms with van der Waals surface area (Å²) in [5, 5.41) is 3.58. The van der Waals surface area contributed by atoms with Crippen LogP contribution in [0, 0.1) is 5.92 Å². The Balaban J connectivity index is 1.71. The molecule has 0 bridgehead atoms. The van der Waals surface area contributed by atoms with Crippen molar-refractivity contribution in [2.45, 2.75) is 51.6 Å². The first kappa shape index (κ1) is 14.3. The van der Waals surface area contributed by atoms with Crippen molar-refractivity contribution in [2.24, 2.45) is 5.92 Å². The van der Waals surface area contributed by atoms with E-state index in [2.05, 4.69) is 36.0 Å². The van der Waals surface area contributed by atoms with E-state index < -0.39 is 0 Å². The molecule has 3 heteroatoms. The highest BCUT2D eigenvalue weighted by Gasteiger charge is 2.31. The molecule has 3 atom stereocenters. The van der Waals surface area contributed by atoms with Crippen molar-refractivity contribution >= 4 is 0 Å². The fourth-order valence-corrected chi connectivity index (χ4v) is 3.44. The number of likely N-dealkylation sites (tertiary alicyclic amines) is 2. The van der Waals surface area contributed by atoms with Gasteiger partial charge >= 0.3 is 0 Å². The summed E-state index contributed by atoms with van der Waals surface area (Å²) in [4.78, 5) is 5.27. The summed E-state index contributed by atoms with van der Waals surface area (Å²) in [5.41, 5.74) is 0. The summed E-state index contributed by atoms with van der Waals surface area (Å²) in [5.74, 6) is 0.895. The molecule has 2 aliphatic heterocycles. The molecule has 2 aliphatic rings. The van der Waals surface area contributed by atoms with Gasteiger partial charge in [-0.1, -0.05) is 6.92 Å². The maximum Gasteiger partial charge on any atom is 0.0122 e. The largest absolute Gasteiger partial charge is 0.316 e. The molecule has 0 aliphatic carbocycles. The number of nitrogens with one attached hydrogen (secondary N) is 1. The Kier molecular flexibility index (Phi) is 5.46. The van der Waals surface area contributed by atoms with Crippen LogP contribution in [0.5, 0.6) is 0 Å². The van der Waals surface area contributed by atoms with Gasteiger partial charge in [0.2, 0.25) is 0 Å². The molecular weight excluding hydrogens is 222 g/mol. The van der Waals surface area contributed by atoms with Gasteiger partial charge in [0, 0.05) is 18.6 Å². The second kappa shape index (κ2) is 6.88. The molecule has 0 saturated carbocycles. The molecule has 0 spiro atoms. The molecule has 0 radical (unpaired) electrons. The smallest absolute Gasteiger partial charge is 0.0122 e. The maximum absolute atomic E-state index is 3.58. The first-order valence-electron chi connectivity index (χ1n) is 7.85. The Morgan fingerprint density at radius 3 is 2.78 bits per heavy atom. The molecule has 2 saturated heterocycles. The second-order valence-corrected chi connectivity index (χ2v) is 6.36. The Morgan fingerprint density at radius 2 is 2.06 bits per heavy atom. The summed E-state index contributed by atoms with van der Waals surface area (Å²) >= 11 is 0. The lowest BCUT2D eigenvalue weighted by Gasteiger charge is -2.39. The van der Waals surface area contributed by atoms with E-state index in [-0.39, 0.29) is 0 Å². The summed E-state index contributed by atoms with van der Waals surface area (Å²) in [6.45, 7) is 11.0. The minimum Gasteiger partial charge on any atom is -0.316 e. The van der Waals surface area contributed by atoms with E-state index in [0.717, 1.165) is 18.0 Å². The van der Waals surface area contributed by atoms with Gasteiger partial charge in [-0.15, -0.1) is 0 Å². The Labute approximate surface area is 113 Å². The number of hydrogen-bond acceptors (Lipinski definition) is 3. The number of piperidine rings is 1. The van der Waals surface area contributed by atoms with Crippen LogP contribution in [0.15, 0.2) is 0 Å². The Hall–Kier alpha value is -0.120. The molecular formula is C15H31N3. The Bertz CT molecular complexity index is 244. The van der Waals surface area contributed by atoms with E-state index in [1.165, 1.54) is 58.4 Å². The van der Waals surface area contributed by atoms with Gasteiger partial charge in [-0.05, 0) is 71.8 Å². The normalized spacial score (nSPS) is 35.2. The van der Waals surface area contributed by atoms with Crippen molar-refractivity contribution in [2.75, 3.05) is 39.8 Å². The first-order valence-corrected chi connectivity index (χ1v) is 7.85. The topological polar surface area (TPSA) is 18.5 Å². The highest BCUT2D eigenvalue weighted by Crippen LogP contribution is 2.26. The van der Waals surface area contributed by atoms with Gasteiger partial charge in [0.15, 0.2) is 0 Å². The van der Waals surface area contributed by atoms with Crippen molar-refractivity contribution < 1.29 is 0 Å². The molecule has 0 aromatic carbocycles. The molecule has 1 N–H and O–H groups in total. The third kappa shape index (κ3) is 3.69. The third-order valence-electron chi connectivity index (χ3n) is 4.87. The highest BCUT2D eigenvalue weighted by atomic mass is 15.2. The number of rotatable bonds is 5. The van der Waals surface area contributed by atoms with Gasteiger partial charge in [-0.3, -0.25) is 4.90 Å². The van der Waals surface area contributed by atoms with Gasteiger partial charge in [0.25, 0.3) is 0 Å². The van der Waals surface area contributed by atoms with Gasteiger partial charge in [0.05, 0.1) is 0 Å². The standard InChI is InChI=1S/C15H31N3/c1-4-7-16-11-14-5-9-18(12-14)15-6-8-17(3)13(2)10-15/h13-16H,4-12H2,1-3H3. The summed E-state index contributed by atoms with van der Waals surface area (Å²) < 4.78 is 0. The van der Waals surface area contributed by atoms with Gasteiger partial charge in [-0.25, -0.2) is 0 Å². The zero-order chi connectivity index (χ0) is 13.0. The second-order valence-electron chi connectivity index (χ2n) is 6.36. The lowest BCUT2D eigenvalue weighted by atomic mass is 9.98. The number of hydrogen-bond donors (Lipinski definition) is 1. The Morgan fingerprint density at radius 1 is 1.22 bits per heavy atom. The van der Waals surface area contributed by atoms with Crippen LogP contribution in [0.2, 0.25) is 0 Å². The molecule has 106 valence electrons. The highest BCUT2D eigenvalue weighted by molar-refractivity contribution is 4.88. The van der Waals surface area contributed by atoms with Crippen molar-refractivity contribution in [3.8, 4) is 0 Å². The SMILES string of the molecule is CCCNCC1CCN(C2CCN(C)C(C)C2)C1. The van der Waals surface area contributed by atoms with Crippen LogP contribution in [0.25, 0.3) is 0 Å². The van der Waals surface area contributed by atoms with Crippen LogP contribution in [0.1, 0.15) is 39.5 Å². The zero-order valence-corrected chi connectivity index (χ0v) is 12.5. The predicted molar refractivity (Wildman–Crippen MR) is 78.0 cm³/mol. The van der Waals surface area contributed by atoms with Crippen molar-refractivity contribution in [3.05, 3.63) is 0 Å². The minimum absolute atomic E-state index is 0.765. The van der Waals surface area contributed by atoms with E-state index in [9.17, 15) is 0 Å². The van der Waals surface area contributed by atoms with Crippen LogP contribution in [-0.2, 0) is 0 Å². The molecule has 18 heavy (non-hydrogen) atoms. The quantitative estimate of drug-likeness (QED) is 0.754. The summed E-state index contributed by atoms with van der Waals surface area (Å²) in [7, 11) is 2.27. The molecule has 2 fully saturated rings. The molecule has 0 amide bonds. The fourth-order valence-electron chi connectivity index (χ4n) is 3.44. The summed E-state index contributed by atoms with van der Waals surface area (Å²) in [6, 6.07) is 1.62.